The van der Waals surface area contributed by atoms with E-state index in [9.17, 15) is 14.4 Å². The lowest BCUT2D eigenvalue weighted by Crippen LogP contribution is -2.36. The lowest BCUT2D eigenvalue weighted by atomic mass is 10.2. The number of benzene rings is 1. The fraction of sp³-hybridized carbons (Fsp3) is 0.312. The molecule has 0 spiro atoms. The molecule has 0 bridgehead atoms. The number of amides is 2. The van der Waals surface area contributed by atoms with Gasteiger partial charge in [-0.05, 0) is 18.2 Å². The molecule has 1 aliphatic heterocycles. The number of halogens is 1. The predicted molar refractivity (Wildman–Crippen MR) is 98.0 cm³/mol. The summed E-state index contributed by atoms with van der Waals surface area (Å²) in [6, 6.07) is 4.88. The molecule has 0 atom stereocenters. The third-order valence-corrected chi connectivity index (χ3v) is 4.24. The van der Waals surface area contributed by atoms with Gasteiger partial charge in [-0.3, -0.25) is 9.78 Å². The molecule has 0 radical (unpaired) electrons. The highest BCUT2D eigenvalue weighted by molar-refractivity contribution is 6.33. The largest absolute Gasteiger partial charge is 0.378 e. The number of nitrogens with zero attached hydrogens (tertiary/aromatic N) is 1. The zero-order valence-electron chi connectivity index (χ0n) is 13.8. The smallest absolute Gasteiger partial charge is 0.325 e. The number of carbonyl (C=O) groups excluding carboxylic acids is 1. The van der Waals surface area contributed by atoms with E-state index in [-0.39, 0.29) is 12.1 Å². The van der Waals surface area contributed by atoms with E-state index in [0.29, 0.717) is 23.9 Å². The first-order valence-electron chi connectivity index (χ1n) is 8.01. The number of aromatic nitrogens is 2. The highest BCUT2D eigenvalue weighted by Gasteiger charge is 2.14. The molecule has 10 heteroatoms. The molecule has 138 valence electrons. The second-order valence-corrected chi connectivity index (χ2v) is 6.08. The van der Waals surface area contributed by atoms with E-state index in [0.717, 1.165) is 18.8 Å². The van der Waals surface area contributed by atoms with Crippen molar-refractivity contribution in [1.82, 2.24) is 15.3 Å². The van der Waals surface area contributed by atoms with Crippen LogP contribution in [0, 0.1) is 0 Å². The molecular formula is C16H18ClN5O4. The fourth-order valence-electron chi connectivity index (χ4n) is 2.54. The Morgan fingerprint density at radius 1 is 1.27 bits per heavy atom. The van der Waals surface area contributed by atoms with Crippen LogP contribution in [0.25, 0.3) is 0 Å². The number of nitrogens with one attached hydrogen (secondary N) is 4. The number of aromatic amines is 2. The number of rotatable bonds is 4. The Balaban J connectivity index is 1.64. The van der Waals surface area contributed by atoms with Crippen LogP contribution in [-0.4, -0.2) is 42.3 Å². The fourth-order valence-corrected chi connectivity index (χ4v) is 2.70. The number of carbonyl (C=O) groups is 1. The van der Waals surface area contributed by atoms with Crippen molar-refractivity contribution in [3.63, 3.8) is 0 Å². The first kappa shape index (κ1) is 18.0. The van der Waals surface area contributed by atoms with Crippen molar-refractivity contribution in [3.05, 3.63) is 55.8 Å². The van der Waals surface area contributed by atoms with Crippen LogP contribution in [0.15, 0.2) is 34.0 Å². The van der Waals surface area contributed by atoms with Gasteiger partial charge >= 0.3 is 11.7 Å². The van der Waals surface area contributed by atoms with Crippen LogP contribution >= 0.6 is 11.6 Å². The molecule has 0 aliphatic carbocycles. The quantitative estimate of drug-likeness (QED) is 0.628. The van der Waals surface area contributed by atoms with E-state index < -0.39 is 17.3 Å². The van der Waals surface area contributed by atoms with E-state index in [1.165, 1.54) is 6.20 Å². The Bertz CT molecular complexity index is 904. The monoisotopic (exact) mass is 379 g/mol. The summed E-state index contributed by atoms with van der Waals surface area (Å²) in [6.45, 7) is 2.79. The summed E-state index contributed by atoms with van der Waals surface area (Å²) in [5.74, 6) is 0. The lowest BCUT2D eigenvalue weighted by Gasteiger charge is -2.29. The Hall–Kier alpha value is -2.78. The van der Waals surface area contributed by atoms with E-state index in [4.69, 9.17) is 16.3 Å². The number of urea groups is 1. The summed E-state index contributed by atoms with van der Waals surface area (Å²) in [5, 5.41) is 5.62. The average Bonchev–Trinajstić information content (AvgIpc) is 2.63. The van der Waals surface area contributed by atoms with E-state index in [1.807, 2.05) is 6.07 Å². The first-order chi connectivity index (χ1) is 12.5. The van der Waals surface area contributed by atoms with Crippen LogP contribution in [0.1, 0.15) is 5.56 Å². The Morgan fingerprint density at radius 2 is 2.04 bits per heavy atom. The Kier molecular flexibility index (Phi) is 5.59. The number of hydrogen-bond acceptors (Lipinski definition) is 5. The van der Waals surface area contributed by atoms with Crippen LogP contribution in [0.3, 0.4) is 0 Å². The topological polar surface area (TPSA) is 119 Å². The van der Waals surface area contributed by atoms with Crippen molar-refractivity contribution >= 4 is 29.0 Å². The minimum Gasteiger partial charge on any atom is -0.378 e. The van der Waals surface area contributed by atoms with E-state index in [1.54, 1.807) is 12.1 Å². The number of morpholine rings is 1. The van der Waals surface area contributed by atoms with Crippen LogP contribution in [-0.2, 0) is 11.3 Å². The third-order valence-electron chi connectivity index (χ3n) is 3.91. The molecule has 1 aromatic heterocycles. The van der Waals surface area contributed by atoms with Crippen LogP contribution < -0.4 is 26.8 Å². The van der Waals surface area contributed by atoms with E-state index >= 15 is 0 Å². The zero-order valence-corrected chi connectivity index (χ0v) is 14.6. The standard InChI is InChI=1S/C16H18ClN5O4/c17-12-2-1-11(22-3-5-26-6-4-22)7-13(12)20-15(24)18-8-10-9-19-16(25)21-14(10)23/h1-2,7,9H,3-6,8H2,(H2,18,20,24)(H2,19,21,23,25). The summed E-state index contributed by atoms with van der Waals surface area (Å²) in [7, 11) is 0. The van der Waals surface area contributed by atoms with Crippen molar-refractivity contribution in [2.24, 2.45) is 0 Å². The third kappa shape index (κ3) is 4.44. The van der Waals surface area contributed by atoms with Crippen LogP contribution in [0.4, 0.5) is 16.2 Å². The molecule has 1 fully saturated rings. The molecule has 9 nitrogen and oxygen atoms in total. The minimum atomic E-state index is -0.602. The summed E-state index contributed by atoms with van der Waals surface area (Å²) >= 11 is 6.16. The number of hydrogen-bond donors (Lipinski definition) is 4. The number of anilines is 2. The molecule has 26 heavy (non-hydrogen) atoms. The average molecular weight is 380 g/mol. The molecule has 2 amide bonds. The van der Waals surface area contributed by atoms with Gasteiger partial charge in [0.2, 0.25) is 0 Å². The molecule has 4 N–H and O–H groups in total. The molecule has 1 aromatic carbocycles. The highest BCUT2D eigenvalue weighted by atomic mass is 35.5. The number of H-pyrrole nitrogens is 2. The maximum Gasteiger partial charge on any atom is 0.325 e. The van der Waals surface area contributed by atoms with Crippen molar-refractivity contribution in [1.29, 1.82) is 0 Å². The maximum atomic E-state index is 12.1. The second-order valence-electron chi connectivity index (χ2n) is 5.67. The van der Waals surface area contributed by atoms with Gasteiger partial charge in [0.15, 0.2) is 0 Å². The van der Waals surface area contributed by atoms with Crippen LogP contribution in [0.2, 0.25) is 5.02 Å². The lowest BCUT2D eigenvalue weighted by molar-refractivity contribution is 0.122. The molecular weight excluding hydrogens is 362 g/mol. The van der Waals surface area contributed by atoms with Gasteiger partial charge in [0.1, 0.15) is 0 Å². The van der Waals surface area contributed by atoms with Gasteiger partial charge in [-0.2, -0.15) is 0 Å². The number of ether oxygens (including phenoxy) is 1. The normalized spacial score (nSPS) is 14.1. The van der Waals surface area contributed by atoms with Gasteiger partial charge in [-0.15, -0.1) is 0 Å². The van der Waals surface area contributed by atoms with E-state index in [2.05, 4.69) is 25.5 Å². The van der Waals surface area contributed by atoms with Crippen molar-refractivity contribution in [2.45, 2.75) is 6.54 Å². The summed E-state index contributed by atoms with van der Waals surface area (Å²) in [6.07, 6.45) is 1.26. The Labute approximate surface area is 153 Å². The van der Waals surface area contributed by atoms with Crippen molar-refractivity contribution < 1.29 is 9.53 Å². The molecule has 3 rings (SSSR count). The minimum absolute atomic E-state index is 0.0429. The van der Waals surface area contributed by atoms with Gasteiger partial charge in [0.05, 0.1) is 36.0 Å². The molecule has 0 unspecified atom stereocenters. The zero-order chi connectivity index (χ0) is 18.5. The maximum absolute atomic E-state index is 12.1. The van der Waals surface area contributed by atoms with Gasteiger partial charge in [-0.25, -0.2) is 9.59 Å². The summed E-state index contributed by atoms with van der Waals surface area (Å²) in [5.41, 5.74) is 0.470. The van der Waals surface area contributed by atoms with Gasteiger partial charge in [0, 0.05) is 25.0 Å². The Morgan fingerprint density at radius 3 is 2.77 bits per heavy atom. The molecule has 1 aliphatic rings. The first-order valence-corrected chi connectivity index (χ1v) is 8.39. The second kappa shape index (κ2) is 8.07. The van der Waals surface area contributed by atoms with Crippen molar-refractivity contribution in [3.8, 4) is 0 Å². The van der Waals surface area contributed by atoms with Gasteiger partial charge in [-0.1, -0.05) is 11.6 Å². The SMILES string of the molecule is O=C(NCc1c[nH]c(=O)[nH]c1=O)Nc1cc(N2CCOCC2)ccc1Cl. The predicted octanol–water partition coefficient (Wildman–Crippen LogP) is 0.875. The molecule has 0 saturated carbocycles. The molecule has 2 aromatic rings. The summed E-state index contributed by atoms with van der Waals surface area (Å²) < 4.78 is 5.33. The van der Waals surface area contributed by atoms with Crippen LogP contribution in [0.5, 0.6) is 0 Å². The van der Waals surface area contributed by atoms with Crippen molar-refractivity contribution in [2.75, 3.05) is 36.5 Å². The highest BCUT2D eigenvalue weighted by Crippen LogP contribution is 2.28. The molecule has 2 heterocycles. The molecule has 1 saturated heterocycles. The van der Waals surface area contributed by atoms with Gasteiger partial charge in [0.25, 0.3) is 5.56 Å². The summed E-state index contributed by atoms with van der Waals surface area (Å²) in [4.78, 5) is 41.3. The van der Waals surface area contributed by atoms with Gasteiger partial charge < -0.3 is 25.3 Å².